The molecule has 1 aromatic heterocycles. The number of carbonyl (C=O) groups is 2. The topological polar surface area (TPSA) is 79.5 Å². The highest BCUT2D eigenvalue weighted by Crippen LogP contribution is 2.21. The summed E-state index contributed by atoms with van der Waals surface area (Å²) in [6, 6.07) is 11.3. The Labute approximate surface area is 116 Å². The first-order valence-electron chi connectivity index (χ1n) is 6.20. The molecule has 1 unspecified atom stereocenters. The zero-order valence-corrected chi connectivity index (χ0v) is 10.8. The number of aliphatic carboxylic acids is 1. The van der Waals surface area contributed by atoms with Gasteiger partial charge in [-0.2, -0.15) is 0 Å². The summed E-state index contributed by atoms with van der Waals surface area (Å²) >= 11 is 0. The lowest BCUT2D eigenvalue weighted by molar-refractivity contribution is -0.141. The lowest BCUT2D eigenvalue weighted by atomic mass is 10.1. The Hall–Kier alpha value is -2.40. The average Bonchev–Trinajstić information content (AvgIpc) is 2.88. The van der Waals surface area contributed by atoms with Crippen LogP contribution in [0.3, 0.4) is 0 Å². The molecule has 0 radical (unpaired) electrons. The molecule has 104 valence electrons. The summed E-state index contributed by atoms with van der Waals surface area (Å²) in [6.07, 6.45) is 0.846. The van der Waals surface area contributed by atoms with Crippen molar-refractivity contribution in [3.63, 3.8) is 0 Å². The van der Waals surface area contributed by atoms with Gasteiger partial charge in [-0.1, -0.05) is 30.3 Å². The summed E-state index contributed by atoms with van der Waals surface area (Å²) in [7, 11) is 0. The van der Waals surface area contributed by atoms with E-state index in [0.29, 0.717) is 12.0 Å². The molecule has 0 spiro atoms. The van der Waals surface area contributed by atoms with Gasteiger partial charge in [0.25, 0.3) is 0 Å². The van der Waals surface area contributed by atoms with Gasteiger partial charge in [0.05, 0.1) is 12.3 Å². The average molecular weight is 273 g/mol. The van der Waals surface area contributed by atoms with E-state index in [9.17, 15) is 19.8 Å². The lowest BCUT2D eigenvalue weighted by Gasteiger charge is -2.19. The first-order chi connectivity index (χ1) is 9.67. The third-order valence-electron chi connectivity index (χ3n) is 3.19. The van der Waals surface area contributed by atoms with E-state index in [2.05, 4.69) is 0 Å². The van der Waals surface area contributed by atoms with Crippen LogP contribution in [-0.2, 0) is 17.8 Å². The quantitative estimate of drug-likeness (QED) is 0.784. The highest BCUT2D eigenvalue weighted by molar-refractivity contribution is 5.77. The number of carboxylic acid groups (broad SMARTS) is 1. The smallest absolute Gasteiger partial charge is 0.327 e. The summed E-state index contributed by atoms with van der Waals surface area (Å²) < 4.78 is 1.38. The van der Waals surface area contributed by atoms with Gasteiger partial charge in [0.1, 0.15) is 6.04 Å². The van der Waals surface area contributed by atoms with Gasteiger partial charge in [-0.15, -0.1) is 0 Å². The van der Waals surface area contributed by atoms with E-state index in [4.69, 9.17) is 0 Å². The Morgan fingerprint density at radius 2 is 1.90 bits per heavy atom. The molecule has 20 heavy (non-hydrogen) atoms. The van der Waals surface area contributed by atoms with Crippen molar-refractivity contribution in [1.29, 1.82) is 0 Å². The summed E-state index contributed by atoms with van der Waals surface area (Å²) in [5.74, 6) is -1.04. The molecule has 0 saturated heterocycles. The maximum atomic E-state index is 11.5. The molecule has 0 fully saturated rings. The number of benzene rings is 1. The fraction of sp³-hybridized carbons (Fsp3) is 0.200. The summed E-state index contributed by atoms with van der Waals surface area (Å²) in [4.78, 5) is 22.6. The molecule has 2 N–H and O–H groups in total. The number of carboxylic acids is 1. The standard InChI is InChI=1S/C15H15NO4/c17-9-12-6-7-13(10-18)16(12)14(15(19)20)8-11-4-2-1-3-5-11/h1-7,9,14,18H,8,10H2,(H,19,20). The number of nitrogens with zero attached hydrogens (tertiary/aromatic N) is 1. The van der Waals surface area contributed by atoms with Crippen molar-refractivity contribution in [2.75, 3.05) is 0 Å². The number of aliphatic hydroxyl groups is 1. The largest absolute Gasteiger partial charge is 0.480 e. The first-order valence-corrected chi connectivity index (χ1v) is 6.20. The van der Waals surface area contributed by atoms with E-state index in [0.717, 1.165) is 5.56 Å². The van der Waals surface area contributed by atoms with Gasteiger partial charge in [-0.25, -0.2) is 4.79 Å². The summed E-state index contributed by atoms with van der Waals surface area (Å²) in [5.41, 5.74) is 1.52. The van der Waals surface area contributed by atoms with Gasteiger partial charge in [0.15, 0.2) is 6.29 Å². The minimum atomic E-state index is -1.04. The number of aliphatic hydroxyl groups excluding tert-OH is 1. The molecule has 0 amide bonds. The fourth-order valence-corrected chi connectivity index (χ4v) is 2.24. The van der Waals surface area contributed by atoms with Crippen molar-refractivity contribution in [1.82, 2.24) is 4.57 Å². The van der Waals surface area contributed by atoms with Crippen molar-refractivity contribution in [3.05, 3.63) is 59.4 Å². The number of aromatic nitrogens is 1. The second kappa shape index (κ2) is 6.16. The Balaban J connectivity index is 2.41. The molecular weight excluding hydrogens is 258 g/mol. The van der Waals surface area contributed by atoms with E-state index in [1.54, 1.807) is 6.07 Å². The molecule has 2 aromatic rings. The minimum absolute atomic E-state index is 0.248. The molecular formula is C15H15NO4. The monoisotopic (exact) mass is 273 g/mol. The second-order valence-electron chi connectivity index (χ2n) is 4.44. The number of hydrogen-bond acceptors (Lipinski definition) is 3. The number of rotatable bonds is 6. The second-order valence-corrected chi connectivity index (χ2v) is 4.44. The molecule has 0 saturated carbocycles. The molecule has 0 aliphatic carbocycles. The third-order valence-corrected chi connectivity index (χ3v) is 3.19. The van der Waals surface area contributed by atoms with Crippen molar-refractivity contribution in [2.45, 2.75) is 19.1 Å². The van der Waals surface area contributed by atoms with Gasteiger partial charge in [-0.05, 0) is 17.7 Å². The maximum Gasteiger partial charge on any atom is 0.327 e. The van der Waals surface area contributed by atoms with Gasteiger partial charge in [0.2, 0.25) is 0 Å². The SMILES string of the molecule is O=Cc1ccc(CO)n1C(Cc1ccccc1)C(=O)O. The molecule has 5 heteroatoms. The Bertz CT molecular complexity index is 604. The molecule has 1 heterocycles. The van der Waals surface area contributed by atoms with Crippen LogP contribution in [-0.4, -0.2) is 27.0 Å². The van der Waals surface area contributed by atoms with Crippen LogP contribution < -0.4 is 0 Å². The number of aldehydes is 1. The van der Waals surface area contributed by atoms with Crippen LogP contribution in [0.25, 0.3) is 0 Å². The van der Waals surface area contributed by atoms with Crippen LogP contribution in [0.5, 0.6) is 0 Å². The molecule has 0 aliphatic heterocycles. The number of carbonyl (C=O) groups excluding carboxylic acids is 1. The fourth-order valence-electron chi connectivity index (χ4n) is 2.24. The van der Waals surface area contributed by atoms with Gasteiger partial charge in [0, 0.05) is 12.1 Å². The maximum absolute atomic E-state index is 11.5. The van der Waals surface area contributed by atoms with Crippen LogP contribution in [0.4, 0.5) is 0 Å². The van der Waals surface area contributed by atoms with E-state index in [-0.39, 0.29) is 18.7 Å². The van der Waals surface area contributed by atoms with E-state index in [1.165, 1.54) is 10.6 Å². The van der Waals surface area contributed by atoms with Gasteiger partial charge < -0.3 is 14.8 Å². The zero-order chi connectivity index (χ0) is 14.5. The van der Waals surface area contributed by atoms with Crippen molar-refractivity contribution >= 4 is 12.3 Å². The predicted octanol–water partition coefficient (Wildman–Crippen LogP) is 1.66. The van der Waals surface area contributed by atoms with Crippen molar-refractivity contribution in [3.8, 4) is 0 Å². The van der Waals surface area contributed by atoms with Gasteiger partial charge >= 0.3 is 5.97 Å². The highest BCUT2D eigenvalue weighted by Gasteiger charge is 2.24. The molecule has 2 rings (SSSR count). The number of hydrogen-bond donors (Lipinski definition) is 2. The van der Waals surface area contributed by atoms with Crippen molar-refractivity contribution < 1.29 is 19.8 Å². The molecule has 1 aromatic carbocycles. The highest BCUT2D eigenvalue weighted by atomic mass is 16.4. The van der Waals surface area contributed by atoms with Crippen LogP contribution in [0, 0.1) is 0 Å². The Kier molecular flexibility index (Phi) is 4.32. The van der Waals surface area contributed by atoms with Crippen LogP contribution in [0.15, 0.2) is 42.5 Å². The van der Waals surface area contributed by atoms with E-state index in [1.807, 2.05) is 30.3 Å². The Morgan fingerprint density at radius 1 is 1.20 bits per heavy atom. The Morgan fingerprint density at radius 3 is 2.45 bits per heavy atom. The van der Waals surface area contributed by atoms with Crippen LogP contribution >= 0.6 is 0 Å². The normalized spacial score (nSPS) is 12.1. The predicted molar refractivity (Wildman–Crippen MR) is 72.6 cm³/mol. The minimum Gasteiger partial charge on any atom is -0.480 e. The zero-order valence-electron chi connectivity index (χ0n) is 10.8. The molecule has 0 aliphatic rings. The van der Waals surface area contributed by atoms with Crippen LogP contribution in [0.1, 0.15) is 27.8 Å². The first kappa shape index (κ1) is 14.0. The lowest BCUT2D eigenvalue weighted by Crippen LogP contribution is -2.24. The van der Waals surface area contributed by atoms with Crippen molar-refractivity contribution in [2.24, 2.45) is 0 Å². The van der Waals surface area contributed by atoms with Crippen LogP contribution in [0.2, 0.25) is 0 Å². The molecule has 0 bridgehead atoms. The molecule has 1 atom stereocenters. The third kappa shape index (κ3) is 2.78. The molecule has 5 nitrogen and oxygen atoms in total. The van der Waals surface area contributed by atoms with E-state index >= 15 is 0 Å². The van der Waals surface area contributed by atoms with E-state index < -0.39 is 12.0 Å². The summed E-state index contributed by atoms with van der Waals surface area (Å²) in [5, 5.41) is 18.7. The van der Waals surface area contributed by atoms with Gasteiger partial charge in [-0.3, -0.25) is 4.79 Å². The summed E-state index contributed by atoms with van der Waals surface area (Å²) in [6.45, 7) is -0.313.